The Bertz CT molecular complexity index is 921. The molecular formula is C15H10Cl2N4O2. The van der Waals surface area contributed by atoms with E-state index >= 15 is 0 Å². The molecule has 23 heavy (non-hydrogen) atoms. The molecule has 116 valence electrons. The van der Waals surface area contributed by atoms with Gasteiger partial charge in [-0.25, -0.2) is 19.4 Å². The molecule has 0 fully saturated rings. The molecule has 0 unspecified atom stereocenters. The summed E-state index contributed by atoms with van der Waals surface area (Å²) in [5.74, 6) is -1.05. The van der Waals surface area contributed by atoms with Crippen molar-refractivity contribution in [1.82, 2.24) is 19.7 Å². The molecular weight excluding hydrogens is 339 g/mol. The number of carboxylic acid groups (broad SMARTS) is 1. The van der Waals surface area contributed by atoms with E-state index in [-0.39, 0.29) is 0 Å². The highest BCUT2D eigenvalue weighted by molar-refractivity contribution is 6.35. The number of benzene rings is 1. The van der Waals surface area contributed by atoms with Crippen LogP contribution >= 0.6 is 23.2 Å². The van der Waals surface area contributed by atoms with E-state index < -0.39 is 5.97 Å². The zero-order valence-electron chi connectivity index (χ0n) is 11.6. The number of halogens is 2. The summed E-state index contributed by atoms with van der Waals surface area (Å²) in [4.78, 5) is 18.9. The van der Waals surface area contributed by atoms with Gasteiger partial charge in [0.25, 0.3) is 0 Å². The molecule has 6 nitrogen and oxygen atoms in total. The van der Waals surface area contributed by atoms with Crippen LogP contribution in [0, 0.1) is 0 Å². The molecule has 0 atom stereocenters. The minimum atomic E-state index is -1.05. The van der Waals surface area contributed by atoms with Gasteiger partial charge in [-0.2, -0.15) is 5.10 Å². The molecule has 3 aromatic rings. The topological polar surface area (TPSA) is 80.9 Å². The van der Waals surface area contributed by atoms with Crippen molar-refractivity contribution in [2.45, 2.75) is 6.54 Å². The lowest BCUT2D eigenvalue weighted by molar-refractivity contribution is -0.131. The van der Waals surface area contributed by atoms with Crippen molar-refractivity contribution >= 4 is 46.3 Å². The Morgan fingerprint density at radius 1 is 1.35 bits per heavy atom. The van der Waals surface area contributed by atoms with Crippen LogP contribution < -0.4 is 0 Å². The van der Waals surface area contributed by atoms with Gasteiger partial charge in [-0.1, -0.05) is 29.3 Å². The molecule has 1 N–H and O–H groups in total. The van der Waals surface area contributed by atoms with Gasteiger partial charge in [0.15, 0.2) is 5.65 Å². The number of carbonyl (C=O) groups is 1. The van der Waals surface area contributed by atoms with Gasteiger partial charge in [-0.15, -0.1) is 0 Å². The zero-order chi connectivity index (χ0) is 16.4. The van der Waals surface area contributed by atoms with Crippen LogP contribution in [-0.2, 0) is 11.3 Å². The molecule has 0 aliphatic heterocycles. The predicted octanol–water partition coefficient (Wildman–Crippen LogP) is 3.28. The number of hydrogen-bond acceptors (Lipinski definition) is 4. The van der Waals surface area contributed by atoms with Gasteiger partial charge in [0, 0.05) is 22.3 Å². The second kappa shape index (κ2) is 6.36. The van der Waals surface area contributed by atoms with Crippen molar-refractivity contribution < 1.29 is 9.90 Å². The third-order valence-corrected chi connectivity index (χ3v) is 3.75. The average Bonchev–Trinajstić information content (AvgIpc) is 2.86. The minimum Gasteiger partial charge on any atom is -0.478 e. The normalized spacial score (nSPS) is 11.4. The lowest BCUT2D eigenvalue weighted by Gasteiger charge is -2.05. The lowest BCUT2D eigenvalue weighted by Crippen LogP contribution is -2.03. The maximum absolute atomic E-state index is 10.7. The standard InChI is InChI=1S/C15H10Cl2N4O2/c16-10-2-1-9(12(17)5-10)7-21-15-11(6-18-8-19-15)13(20-21)3-4-14(22)23/h1-6,8H,7H2,(H,22,23)/b4-3+. The molecule has 0 spiro atoms. The first kappa shape index (κ1) is 15.5. The van der Waals surface area contributed by atoms with Crippen molar-refractivity contribution in [2.75, 3.05) is 0 Å². The summed E-state index contributed by atoms with van der Waals surface area (Å²) in [5, 5.41) is 14.9. The number of rotatable bonds is 4. The number of carboxylic acids is 1. The first-order valence-corrected chi connectivity index (χ1v) is 7.31. The second-order valence-corrected chi connectivity index (χ2v) is 5.55. The van der Waals surface area contributed by atoms with Gasteiger partial charge in [0.05, 0.1) is 17.6 Å². The first-order valence-electron chi connectivity index (χ1n) is 6.56. The maximum atomic E-state index is 10.7. The van der Waals surface area contributed by atoms with Crippen molar-refractivity contribution in [3.05, 3.63) is 58.1 Å². The Balaban J connectivity index is 2.05. The molecule has 0 aliphatic carbocycles. The molecule has 0 amide bonds. The summed E-state index contributed by atoms with van der Waals surface area (Å²) >= 11 is 12.1. The molecule has 3 rings (SSSR count). The second-order valence-electron chi connectivity index (χ2n) is 4.71. The molecule has 0 aliphatic rings. The molecule has 1 aromatic carbocycles. The van der Waals surface area contributed by atoms with Crippen LogP contribution in [0.4, 0.5) is 0 Å². The summed E-state index contributed by atoms with van der Waals surface area (Å²) in [5.41, 5.74) is 1.90. The Morgan fingerprint density at radius 2 is 2.17 bits per heavy atom. The smallest absolute Gasteiger partial charge is 0.328 e. The van der Waals surface area contributed by atoms with Crippen molar-refractivity contribution in [3.8, 4) is 0 Å². The fourth-order valence-corrected chi connectivity index (χ4v) is 2.60. The van der Waals surface area contributed by atoms with Crippen LogP contribution in [0.15, 0.2) is 36.8 Å². The number of hydrogen-bond donors (Lipinski definition) is 1. The average molecular weight is 349 g/mol. The molecule has 8 heteroatoms. The Hall–Kier alpha value is -2.44. The van der Waals surface area contributed by atoms with E-state index in [1.807, 2.05) is 6.07 Å². The van der Waals surface area contributed by atoms with Crippen LogP contribution in [0.25, 0.3) is 17.1 Å². The third kappa shape index (κ3) is 3.33. The molecule has 0 bridgehead atoms. The minimum absolute atomic E-state index is 0.379. The highest BCUT2D eigenvalue weighted by Gasteiger charge is 2.12. The number of fused-ring (bicyclic) bond motifs is 1. The van der Waals surface area contributed by atoms with E-state index in [1.165, 1.54) is 12.4 Å². The fraction of sp³-hybridized carbons (Fsp3) is 0.0667. The highest BCUT2D eigenvalue weighted by atomic mass is 35.5. The SMILES string of the molecule is O=C(O)/C=C/c1nn(Cc2ccc(Cl)cc2Cl)c2ncncc12. The molecule has 2 aromatic heterocycles. The van der Waals surface area contributed by atoms with E-state index in [2.05, 4.69) is 15.1 Å². The number of aliphatic carboxylic acids is 1. The van der Waals surface area contributed by atoms with Crippen LogP contribution in [0.3, 0.4) is 0 Å². The molecule has 0 radical (unpaired) electrons. The zero-order valence-corrected chi connectivity index (χ0v) is 13.2. The van der Waals surface area contributed by atoms with Gasteiger partial charge >= 0.3 is 5.97 Å². The predicted molar refractivity (Wildman–Crippen MR) is 87.6 cm³/mol. The summed E-state index contributed by atoms with van der Waals surface area (Å²) in [6.45, 7) is 0.379. The van der Waals surface area contributed by atoms with Crippen LogP contribution in [-0.4, -0.2) is 30.8 Å². The summed E-state index contributed by atoms with van der Waals surface area (Å²) < 4.78 is 1.65. The van der Waals surface area contributed by atoms with Gasteiger partial charge in [-0.05, 0) is 23.8 Å². The Morgan fingerprint density at radius 3 is 2.91 bits per heavy atom. The van der Waals surface area contributed by atoms with E-state index in [1.54, 1.807) is 23.0 Å². The van der Waals surface area contributed by atoms with Crippen LogP contribution in [0.5, 0.6) is 0 Å². The van der Waals surface area contributed by atoms with Crippen molar-refractivity contribution in [2.24, 2.45) is 0 Å². The number of nitrogens with zero attached hydrogens (tertiary/aromatic N) is 4. The number of aromatic nitrogens is 4. The van der Waals surface area contributed by atoms with Gasteiger partial charge in [0.2, 0.25) is 0 Å². The first-order chi connectivity index (χ1) is 11.0. The molecule has 2 heterocycles. The lowest BCUT2D eigenvalue weighted by atomic mass is 10.2. The van der Waals surface area contributed by atoms with Crippen molar-refractivity contribution in [1.29, 1.82) is 0 Å². The maximum Gasteiger partial charge on any atom is 0.328 e. The van der Waals surface area contributed by atoms with E-state index in [4.69, 9.17) is 28.3 Å². The fourth-order valence-electron chi connectivity index (χ4n) is 2.14. The van der Waals surface area contributed by atoms with E-state index in [0.29, 0.717) is 33.3 Å². The molecule has 0 saturated heterocycles. The Kier molecular flexibility index (Phi) is 4.27. The largest absolute Gasteiger partial charge is 0.478 e. The van der Waals surface area contributed by atoms with Gasteiger partial charge in [-0.3, -0.25) is 0 Å². The highest BCUT2D eigenvalue weighted by Crippen LogP contribution is 2.24. The summed E-state index contributed by atoms with van der Waals surface area (Å²) in [6.07, 6.45) is 5.44. The Labute approximate surface area is 141 Å². The van der Waals surface area contributed by atoms with E-state index in [0.717, 1.165) is 11.6 Å². The summed E-state index contributed by atoms with van der Waals surface area (Å²) in [7, 11) is 0. The van der Waals surface area contributed by atoms with Gasteiger partial charge < -0.3 is 5.11 Å². The molecule has 0 saturated carbocycles. The summed E-state index contributed by atoms with van der Waals surface area (Å²) in [6, 6.07) is 5.21. The van der Waals surface area contributed by atoms with Crippen LogP contribution in [0.2, 0.25) is 10.0 Å². The third-order valence-electron chi connectivity index (χ3n) is 3.16. The quantitative estimate of drug-likeness (QED) is 0.731. The van der Waals surface area contributed by atoms with Crippen molar-refractivity contribution in [3.63, 3.8) is 0 Å². The monoisotopic (exact) mass is 348 g/mol. The van der Waals surface area contributed by atoms with Gasteiger partial charge in [0.1, 0.15) is 6.33 Å². The van der Waals surface area contributed by atoms with Crippen LogP contribution in [0.1, 0.15) is 11.3 Å². The van der Waals surface area contributed by atoms with E-state index in [9.17, 15) is 4.79 Å².